The van der Waals surface area contributed by atoms with E-state index in [2.05, 4.69) is 10.6 Å². The van der Waals surface area contributed by atoms with Crippen molar-refractivity contribution in [3.8, 4) is 0 Å². The molecule has 8 nitrogen and oxygen atoms in total. The molecular weight excluding hydrogens is 360 g/mol. The normalized spacial score (nSPS) is 17.7. The maximum atomic E-state index is 12.4. The van der Waals surface area contributed by atoms with E-state index in [9.17, 15) is 19.2 Å². The Balaban J connectivity index is 1.97. The van der Waals surface area contributed by atoms with Gasteiger partial charge in [0.2, 0.25) is 23.6 Å². The molecule has 0 aliphatic carbocycles. The lowest BCUT2D eigenvalue weighted by Gasteiger charge is -2.19. The highest BCUT2D eigenvalue weighted by molar-refractivity contribution is 6.30. The first-order valence-electron chi connectivity index (χ1n) is 8.12. The minimum atomic E-state index is -1.05. The Labute approximate surface area is 156 Å². The van der Waals surface area contributed by atoms with Gasteiger partial charge in [0.25, 0.3) is 0 Å². The van der Waals surface area contributed by atoms with Crippen molar-refractivity contribution in [2.24, 2.45) is 11.7 Å². The molecule has 4 amide bonds. The average molecular weight is 381 g/mol. The number of primary amides is 1. The van der Waals surface area contributed by atoms with Gasteiger partial charge in [-0.15, -0.1) is 0 Å². The van der Waals surface area contributed by atoms with Crippen LogP contribution in [0.4, 0.5) is 0 Å². The van der Waals surface area contributed by atoms with Crippen molar-refractivity contribution >= 4 is 35.2 Å². The van der Waals surface area contributed by atoms with Gasteiger partial charge in [-0.3, -0.25) is 19.2 Å². The first kappa shape index (κ1) is 19.7. The third kappa shape index (κ3) is 5.19. The molecule has 2 rings (SSSR count). The van der Waals surface area contributed by atoms with Crippen LogP contribution in [-0.2, 0) is 25.7 Å². The SMILES string of the molecule is CNC(=O)[C@H](CC(N)=O)NC(=O)C1CC(=O)N(Cc2ccc(Cl)cc2)C1. The number of nitrogens with one attached hydrogen (secondary N) is 2. The monoisotopic (exact) mass is 380 g/mol. The van der Waals surface area contributed by atoms with Crippen LogP contribution in [0.3, 0.4) is 0 Å². The lowest BCUT2D eigenvalue weighted by Crippen LogP contribution is -2.49. The van der Waals surface area contributed by atoms with Crippen molar-refractivity contribution < 1.29 is 19.2 Å². The van der Waals surface area contributed by atoms with Crippen LogP contribution in [0.25, 0.3) is 0 Å². The standard InChI is InChI=1S/C17H21ClN4O4/c1-20-17(26)13(7-14(19)23)21-16(25)11-6-15(24)22(9-11)8-10-2-4-12(18)5-3-10/h2-5,11,13H,6-9H2,1H3,(H2,19,23)(H,20,26)(H,21,25)/t11?,13-/m0/s1. The molecule has 0 spiro atoms. The van der Waals surface area contributed by atoms with Gasteiger partial charge in [0.05, 0.1) is 12.3 Å². The Hall–Kier alpha value is -2.61. The van der Waals surface area contributed by atoms with E-state index in [4.69, 9.17) is 17.3 Å². The summed E-state index contributed by atoms with van der Waals surface area (Å²) in [6.07, 6.45) is -0.253. The molecule has 1 aliphatic rings. The van der Waals surface area contributed by atoms with Crippen LogP contribution in [0, 0.1) is 5.92 Å². The van der Waals surface area contributed by atoms with E-state index in [0.717, 1.165) is 5.56 Å². The van der Waals surface area contributed by atoms with Crippen molar-refractivity contribution in [3.63, 3.8) is 0 Å². The number of nitrogens with two attached hydrogens (primary N) is 1. The van der Waals surface area contributed by atoms with E-state index in [1.165, 1.54) is 7.05 Å². The fourth-order valence-corrected chi connectivity index (χ4v) is 2.91. The molecule has 0 radical (unpaired) electrons. The molecule has 1 aliphatic heterocycles. The summed E-state index contributed by atoms with van der Waals surface area (Å²) in [6.45, 7) is 0.615. The summed E-state index contributed by atoms with van der Waals surface area (Å²) >= 11 is 5.84. The molecule has 0 saturated carbocycles. The molecular formula is C17H21ClN4O4. The number of likely N-dealkylation sites (N-methyl/N-ethyl adjacent to an activating group) is 1. The summed E-state index contributed by atoms with van der Waals surface area (Å²) in [5.41, 5.74) is 6.02. The first-order valence-corrected chi connectivity index (χ1v) is 8.50. The maximum absolute atomic E-state index is 12.4. The molecule has 0 bridgehead atoms. The molecule has 26 heavy (non-hydrogen) atoms. The molecule has 1 heterocycles. The zero-order valence-corrected chi connectivity index (χ0v) is 15.1. The summed E-state index contributed by atoms with van der Waals surface area (Å²) in [5, 5.41) is 5.48. The summed E-state index contributed by atoms with van der Waals surface area (Å²) in [6, 6.07) is 6.05. The van der Waals surface area contributed by atoms with Crippen molar-refractivity contribution in [1.29, 1.82) is 0 Å². The maximum Gasteiger partial charge on any atom is 0.242 e. The first-order chi connectivity index (χ1) is 12.3. The zero-order valence-electron chi connectivity index (χ0n) is 14.3. The third-order valence-corrected chi connectivity index (χ3v) is 4.41. The molecule has 1 aromatic carbocycles. The topological polar surface area (TPSA) is 122 Å². The van der Waals surface area contributed by atoms with Gasteiger partial charge in [0.1, 0.15) is 6.04 Å². The van der Waals surface area contributed by atoms with Gasteiger partial charge in [0.15, 0.2) is 0 Å². The summed E-state index contributed by atoms with van der Waals surface area (Å²) < 4.78 is 0. The molecule has 9 heteroatoms. The lowest BCUT2D eigenvalue weighted by molar-refractivity contribution is -0.132. The van der Waals surface area contributed by atoms with Crippen LogP contribution >= 0.6 is 11.6 Å². The van der Waals surface area contributed by atoms with E-state index >= 15 is 0 Å². The van der Waals surface area contributed by atoms with Crippen LogP contribution in [0.15, 0.2) is 24.3 Å². The van der Waals surface area contributed by atoms with Crippen molar-refractivity contribution in [2.75, 3.05) is 13.6 Å². The second-order valence-corrected chi connectivity index (χ2v) is 6.58. The summed E-state index contributed by atoms with van der Waals surface area (Å²) in [7, 11) is 1.40. The van der Waals surface area contributed by atoms with Crippen LogP contribution in [0.5, 0.6) is 0 Å². The van der Waals surface area contributed by atoms with Crippen LogP contribution in [0.1, 0.15) is 18.4 Å². The van der Waals surface area contributed by atoms with Crippen molar-refractivity contribution in [3.05, 3.63) is 34.9 Å². The predicted molar refractivity (Wildman–Crippen MR) is 94.8 cm³/mol. The van der Waals surface area contributed by atoms with Gasteiger partial charge >= 0.3 is 0 Å². The summed E-state index contributed by atoms with van der Waals surface area (Å²) in [4.78, 5) is 49.0. The molecule has 2 atom stereocenters. The Morgan fingerprint density at radius 3 is 2.54 bits per heavy atom. The Bertz CT molecular complexity index is 707. The molecule has 1 fully saturated rings. The Morgan fingerprint density at radius 2 is 1.96 bits per heavy atom. The van der Waals surface area contributed by atoms with Gasteiger partial charge in [-0.25, -0.2) is 0 Å². The van der Waals surface area contributed by atoms with Gasteiger partial charge in [-0.1, -0.05) is 23.7 Å². The van der Waals surface area contributed by atoms with E-state index in [1.807, 2.05) is 12.1 Å². The number of hydrogen-bond acceptors (Lipinski definition) is 4. The number of carbonyl (C=O) groups excluding carboxylic acids is 4. The fraction of sp³-hybridized carbons (Fsp3) is 0.412. The largest absolute Gasteiger partial charge is 0.370 e. The highest BCUT2D eigenvalue weighted by Gasteiger charge is 2.36. The van der Waals surface area contributed by atoms with E-state index in [0.29, 0.717) is 11.6 Å². The fourth-order valence-electron chi connectivity index (χ4n) is 2.79. The van der Waals surface area contributed by atoms with E-state index in [1.54, 1.807) is 17.0 Å². The molecule has 0 aromatic heterocycles. The van der Waals surface area contributed by atoms with Gasteiger partial charge < -0.3 is 21.3 Å². The minimum absolute atomic E-state index is 0.0520. The number of likely N-dealkylation sites (tertiary alicyclic amines) is 1. The quantitative estimate of drug-likeness (QED) is 0.606. The molecule has 4 N–H and O–H groups in total. The van der Waals surface area contributed by atoms with E-state index in [-0.39, 0.29) is 25.3 Å². The van der Waals surface area contributed by atoms with Crippen molar-refractivity contribution in [2.45, 2.75) is 25.4 Å². The number of carbonyl (C=O) groups is 4. The minimum Gasteiger partial charge on any atom is -0.370 e. The Morgan fingerprint density at radius 1 is 1.31 bits per heavy atom. The average Bonchev–Trinajstić information content (AvgIpc) is 2.96. The number of rotatable bonds is 7. The van der Waals surface area contributed by atoms with Crippen LogP contribution in [-0.4, -0.2) is 48.2 Å². The number of halogens is 1. The number of nitrogens with zero attached hydrogens (tertiary/aromatic N) is 1. The summed E-state index contributed by atoms with van der Waals surface area (Å²) in [5.74, 6) is -2.40. The van der Waals surface area contributed by atoms with Crippen LogP contribution < -0.4 is 16.4 Å². The molecule has 140 valence electrons. The second-order valence-electron chi connectivity index (χ2n) is 6.15. The molecule has 1 saturated heterocycles. The van der Waals surface area contributed by atoms with Gasteiger partial charge in [-0.2, -0.15) is 0 Å². The zero-order chi connectivity index (χ0) is 19.3. The number of hydrogen-bond donors (Lipinski definition) is 3. The lowest BCUT2D eigenvalue weighted by atomic mass is 10.1. The molecule has 1 unspecified atom stereocenters. The third-order valence-electron chi connectivity index (χ3n) is 4.16. The second kappa shape index (κ2) is 8.66. The predicted octanol–water partition coefficient (Wildman–Crippen LogP) is -0.205. The smallest absolute Gasteiger partial charge is 0.242 e. The van der Waals surface area contributed by atoms with E-state index < -0.39 is 29.7 Å². The molecule has 1 aromatic rings. The van der Waals surface area contributed by atoms with Gasteiger partial charge in [-0.05, 0) is 17.7 Å². The van der Waals surface area contributed by atoms with Crippen molar-refractivity contribution in [1.82, 2.24) is 15.5 Å². The van der Waals surface area contributed by atoms with Gasteiger partial charge in [0, 0.05) is 31.6 Å². The highest BCUT2D eigenvalue weighted by atomic mass is 35.5. The number of benzene rings is 1. The highest BCUT2D eigenvalue weighted by Crippen LogP contribution is 2.21. The number of amides is 4. The Kier molecular flexibility index (Phi) is 6.57. The van der Waals surface area contributed by atoms with Crippen LogP contribution in [0.2, 0.25) is 5.02 Å².